The van der Waals surface area contributed by atoms with Crippen LogP contribution in [0.5, 0.6) is 5.75 Å². The Morgan fingerprint density at radius 1 is 1.13 bits per heavy atom. The molecule has 3 atom stereocenters. The van der Waals surface area contributed by atoms with Crippen LogP contribution in [0.25, 0.3) is 10.9 Å². The summed E-state index contributed by atoms with van der Waals surface area (Å²) in [6.45, 7) is 0.843. The Hall–Kier alpha value is -4.17. The molecule has 0 saturated carbocycles. The number of H-pyrrole nitrogens is 1. The summed E-state index contributed by atoms with van der Waals surface area (Å²) in [6, 6.07) is 20.7. The van der Waals surface area contributed by atoms with Crippen LogP contribution in [-0.4, -0.2) is 52.4 Å². The van der Waals surface area contributed by atoms with E-state index in [2.05, 4.69) is 15.3 Å². The van der Waals surface area contributed by atoms with Crippen molar-refractivity contribution in [2.45, 2.75) is 44.3 Å². The molecule has 4 aromatic rings. The van der Waals surface area contributed by atoms with Crippen LogP contribution in [0, 0.1) is 5.92 Å². The van der Waals surface area contributed by atoms with Crippen LogP contribution in [0.2, 0.25) is 0 Å². The van der Waals surface area contributed by atoms with Gasteiger partial charge in [0, 0.05) is 23.8 Å². The quantitative estimate of drug-likeness (QED) is 0.293. The van der Waals surface area contributed by atoms with Gasteiger partial charge in [-0.15, -0.1) is 0 Å². The number of nitrogens with zero attached hydrogens (tertiary/aromatic N) is 2. The van der Waals surface area contributed by atoms with Crippen molar-refractivity contribution in [2.24, 2.45) is 11.7 Å². The third-order valence-corrected chi connectivity index (χ3v) is 7.49. The summed E-state index contributed by atoms with van der Waals surface area (Å²) >= 11 is 0. The number of carbonyl (C=O) groups excluding carboxylic acids is 2. The van der Waals surface area contributed by atoms with Gasteiger partial charge in [-0.05, 0) is 67.0 Å². The number of fused-ring (bicyclic) bond motifs is 1. The zero-order chi connectivity index (χ0) is 27.2. The Kier molecular flexibility index (Phi) is 8.22. The van der Waals surface area contributed by atoms with Gasteiger partial charge in [-0.3, -0.25) is 14.6 Å². The van der Waals surface area contributed by atoms with E-state index in [-0.39, 0.29) is 17.7 Å². The maximum Gasteiger partial charge on any atom is 0.243 e. The van der Waals surface area contributed by atoms with Gasteiger partial charge >= 0.3 is 0 Å². The molecule has 1 aliphatic rings. The molecule has 0 aliphatic carbocycles. The molecule has 0 radical (unpaired) electrons. The molecule has 3 heterocycles. The van der Waals surface area contributed by atoms with E-state index in [1.807, 2.05) is 66.7 Å². The van der Waals surface area contributed by atoms with Crippen LogP contribution in [0.15, 0.2) is 79.1 Å². The first-order valence-electron chi connectivity index (χ1n) is 13.4. The molecular formula is C31H35N5O3. The van der Waals surface area contributed by atoms with E-state index in [0.717, 1.165) is 39.9 Å². The van der Waals surface area contributed by atoms with Crippen molar-refractivity contribution in [3.8, 4) is 5.75 Å². The molecule has 2 amide bonds. The minimum atomic E-state index is -0.665. The summed E-state index contributed by atoms with van der Waals surface area (Å²) in [6.07, 6.45) is 6.10. The highest BCUT2D eigenvalue weighted by molar-refractivity contribution is 5.90. The third kappa shape index (κ3) is 6.46. The van der Waals surface area contributed by atoms with E-state index in [1.165, 1.54) is 0 Å². The normalized spacial score (nSPS) is 17.7. The molecule has 1 fully saturated rings. The van der Waals surface area contributed by atoms with Crippen LogP contribution in [-0.2, 0) is 29.0 Å². The average Bonchev–Trinajstić information content (AvgIpc) is 3.59. The number of ether oxygens (including phenoxy) is 1. The number of methoxy groups -OCH3 is 1. The number of nitrogens with two attached hydrogens (primary N) is 1. The molecular weight excluding hydrogens is 490 g/mol. The number of rotatable bonds is 10. The maximum absolute atomic E-state index is 13.5. The fraction of sp³-hybridized carbons (Fsp3) is 0.323. The second kappa shape index (κ2) is 12.1. The van der Waals surface area contributed by atoms with E-state index in [0.29, 0.717) is 32.4 Å². The van der Waals surface area contributed by atoms with Crippen LogP contribution >= 0.6 is 0 Å². The summed E-state index contributed by atoms with van der Waals surface area (Å²) in [4.78, 5) is 36.1. The lowest BCUT2D eigenvalue weighted by Crippen LogP contribution is -2.51. The lowest BCUT2D eigenvalue weighted by molar-refractivity contribution is -0.139. The Bertz CT molecular complexity index is 1370. The molecule has 0 bridgehead atoms. The van der Waals surface area contributed by atoms with Gasteiger partial charge in [-0.1, -0.05) is 42.5 Å². The zero-order valence-corrected chi connectivity index (χ0v) is 22.2. The number of aromatic amines is 1. The van der Waals surface area contributed by atoms with E-state index >= 15 is 0 Å². The number of pyridine rings is 1. The monoisotopic (exact) mass is 525 g/mol. The van der Waals surface area contributed by atoms with Gasteiger partial charge in [0.15, 0.2) is 0 Å². The van der Waals surface area contributed by atoms with Crippen LogP contribution in [0.3, 0.4) is 0 Å². The number of amides is 2. The minimum absolute atomic E-state index is 0.151. The largest absolute Gasteiger partial charge is 0.497 e. The molecule has 2 aromatic carbocycles. The van der Waals surface area contributed by atoms with E-state index in [4.69, 9.17) is 10.5 Å². The Morgan fingerprint density at radius 2 is 1.92 bits per heavy atom. The lowest BCUT2D eigenvalue weighted by atomic mass is 9.96. The Balaban J connectivity index is 1.27. The molecule has 1 aliphatic heterocycles. The van der Waals surface area contributed by atoms with E-state index in [1.54, 1.807) is 24.4 Å². The minimum Gasteiger partial charge on any atom is -0.497 e. The number of aryl methyl sites for hydroxylation is 1. The smallest absolute Gasteiger partial charge is 0.243 e. The molecule has 39 heavy (non-hydrogen) atoms. The van der Waals surface area contributed by atoms with Crippen molar-refractivity contribution in [1.29, 1.82) is 0 Å². The van der Waals surface area contributed by atoms with Gasteiger partial charge in [0.05, 0.1) is 31.4 Å². The van der Waals surface area contributed by atoms with Crippen molar-refractivity contribution in [3.05, 3.63) is 95.9 Å². The molecule has 1 saturated heterocycles. The predicted molar refractivity (Wildman–Crippen MR) is 151 cm³/mol. The number of aromatic nitrogens is 2. The van der Waals surface area contributed by atoms with Gasteiger partial charge in [0.2, 0.25) is 11.8 Å². The molecule has 8 nitrogen and oxygen atoms in total. The molecule has 2 aromatic heterocycles. The van der Waals surface area contributed by atoms with Gasteiger partial charge < -0.3 is 25.7 Å². The topological polar surface area (TPSA) is 113 Å². The predicted octanol–water partition coefficient (Wildman–Crippen LogP) is 3.61. The molecule has 4 N–H and O–H groups in total. The van der Waals surface area contributed by atoms with E-state index < -0.39 is 12.1 Å². The van der Waals surface area contributed by atoms with Crippen molar-refractivity contribution >= 4 is 22.7 Å². The second-order valence-corrected chi connectivity index (χ2v) is 10.3. The van der Waals surface area contributed by atoms with Crippen molar-refractivity contribution in [2.75, 3.05) is 13.7 Å². The summed E-state index contributed by atoms with van der Waals surface area (Å²) in [7, 11) is 1.65. The Morgan fingerprint density at radius 3 is 2.67 bits per heavy atom. The second-order valence-electron chi connectivity index (χ2n) is 10.3. The highest BCUT2D eigenvalue weighted by Gasteiger charge is 2.40. The average molecular weight is 526 g/mol. The molecule has 3 unspecified atom stereocenters. The van der Waals surface area contributed by atoms with Gasteiger partial charge in [0.1, 0.15) is 11.8 Å². The number of nitrogens with one attached hydrogen (secondary N) is 2. The van der Waals surface area contributed by atoms with Crippen LogP contribution < -0.4 is 15.8 Å². The lowest BCUT2D eigenvalue weighted by Gasteiger charge is -2.27. The standard InChI is InChI=1S/C31H35N5O3/c1-39-26-10-7-22(8-11-26)15-23-16-29(30(37)34-18-25-17-24-13-14-33-19-28(24)35-25)36(20-23)31(38)27(32)12-9-21-5-3-2-4-6-21/h2-8,10-11,13-14,17,19,23,27,29,35H,9,12,15-16,18,20,32H2,1H3,(H,34,37). The van der Waals surface area contributed by atoms with Gasteiger partial charge in [-0.2, -0.15) is 0 Å². The molecule has 5 rings (SSSR count). The first-order valence-corrected chi connectivity index (χ1v) is 13.4. The molecule has 8 heteroatoms. The summed E-state index contributed by atoms with van der Waals surface area (Å²) in [5, 5.41) is 4.08. The Labute approximate surface area is 228 Å². The number of hydrogen-bond acceptors (Lipinski definition) is 5. The first kappa shape index (κ1) is 26.4. The SMILES string of the molecule is COc1ccc(CC2CC(C(=O)NCc3cc4ccncc4[nH]3)N(C(=O)C(N)CCc3ccccc3)C2)cc1. The fourth-order valence-corrected chi connectivity index (χ4v) is 5.39. The number of benzene rings is 2. The molecule has 202 valence electrons. The molecule has 0 spiro atoms. The fourth-order valence-electron chi connectivity index (χ4n) is 5.39. The van der Waals surface area contributed by atoms with Gasteiger partial charge in [-0.25, -0.2) is 0 Å². The highest BCUT2D eigenvalue weighted by Crippen LogP contribution is 2.28. The summed E-state index contributed by atoms with van der Waals surface area (Å²) < 4.78 is 5.27. The summed E-state index contributed by atoms with van der Waals surface area (Å²) in [5.74, 6) is 0.627. The van der Waals surface area contributed by atoms with E-state index in [9.17, 15) is 9.59 Å². The highest BCUT2D eigenvalue weighted by atomic mass is 16.5. The number of carbonyl (C=O) groups is 2. The summed E-state index contributed by atoms with van der Waals surface area (Å²) in [5.41, 5.74) is 10.5. The van der Waals surface area contributed by atoms with Crippen molar-refractivity contribution in [1.82, 2.24) is 20.2 Å². The zero-order valence-electron chi connectivity index (χ0n) is 22.2. The van der Waals surface area contributed by atoms with Crippen molar-refractivity contribution in [3.63, 3.8) is 0 Å². The maximum atomic E-state index is 13.5. The number of likely N-dealkylation sites (tertiary alicyclic amines) is 1. The third-order valence-electron chi connectivity index (χ3n) is 7.49. The van der Waals surface area contributed by atoms with Crippen LogP contribution in [0.4, 0.5) is 0 Å². The first-order chi connectivity index (χ1) is 19.0. The van der Waals surface area contributed by atoms with Gasteiger partial charge in [0.25, 0.3) is 0 Å². The number of hydrogen-bond donors (Lipinski definition) is 3. The van der Waals surface area contributed by atoms with Crippen LogP contribution in [0.1, 0.15) is 29.7 Å². The van der Waals surface area contributed by atoms with Crippen molar-refractivity contribution < 1.29 is 14.3 Å².